The van der Waals surface area contributed by atoms with E-state index in [1.165, 1.54) is 12.0 Å². The molecule has 0 unspecified atom stereocenters. The van der Waals surface area contributed by atoms with E-state index in [9.17, 15) is 4.79 Å². The van der Waals surface area contributed by atoms with Crippen LogP contribution in [0.25, 0.3) is 11.4 Å². The summed E-state index contributed by atoms with van der Waals surface area (Å²) in [7, 11) is 0. The maximum Gasteiger partial charge on any atom is 0.189 e. The SMILES string of the molecule is CCc1cc2c(=O)cc3ncnc-3c=2sn1CC. The second-order valence-electron chi connectivity index (χ2n) is 4.13. The molecule has 5 heteroatoms. The summed E-state index contributed by atoms with van der Waals surface area (Å²) in [6.45, 7) is 5.12. The zero-order valence-electron chi connectivity index (χ0n) is 10.3. The first-order valence-corrected chi connectivity index (χ1v) is 6.79. The highest BCUT2D eigenvalue weighted by Crippen LogP contribution is 2.21. The lowest BCUT2D eigenvalue weighted by Gasteiger charge is -2.10. The fourth-order valence-electron chi connectivity index (χ4n) is 2.18. The van der Waals surface area contributed by atoms with Crippen LogP contribution in [0.4, 0.5) is 0 Å². The Bertz CT molecular complexity index is 789. The van der Waals surface area contributed by atoms with Crippen molar-refractivity contribution in [2.45, 2.75) is 26.8 Å². The van der Waals surface area contributed by atoms with Crippen molar-refractivity contribution in [3.05, 3.63) is 44.1 Å². The van der Waals surface area contributed by atoms with Crippen molar-refractivity contribution in [3.63, 3.8) is 0 Å². The van der Waals surface area contributed by atoms with Gasteiger partial charge in [-0.15, -0.1) is 0 Å². The zero-order chi connectivity index (χ0) is 12.7. The van der Waals surface area contributed by atoms with Crippen molar-refractivity contribution < 1.29 is 0 Å². The highest BCUT2D eigenvalue weighted by molar-refractivity contribution is 7.04. The van der Waals surface area contributed by atoms with Crippen LogP contribution in [0, 0.1) is 9.75 Å². The molecule has 0 saturated heterocycles. The van der Waals surface area contributed by atoms with Gasteiger partial charge in [0.05, 0.1) is 10.2 Å². The van der Waals surface area contributed by atoms with Crippen LogP contribution in [-0.4, -0.2) is 13.9 Å². The topological polar surface area (TPSA) is 47.8 Å². The standard InChI is InChI=1S/C13H13N3OS/c1-3-8-5-9-11(17)6-10-12(15-7-14-10)13(9)18-16(8)4-2/h5-7H,3-4H2,1-2H3. The molecular weight excluding hydrogens is 246 g/mol. The minimum atomic E-state index is 0.0344. The average Bonchev–Trinajstić information content (AvgIpc) is 2.85. The lowest BCUT2D eigenvalue weighted by Crippen LogP contribution is -2.09. The van der Waals surface area contributed by atoms with Crippen LogP contribution in [0.3, 0.4) is 0 Å². The van der Waals surface area contributed by atoms with Crippen LogP contribution in [0.2, 0.25) is 0 Å². The molecule has 3 rings (SSSR count). The molecule has 0 N–H and O–H groups in total. The molecule has 18 heavy (non-hydrogen) atoms. The summed E-state index contributed by atoms with van der Waals surface area (Å²) >= 11 is 1.60. The second-order valence-corrected chi connectivity index (χ2v) is 5.17. The summed E-state index contributed by atoms with van der Waals surface area (Å²) in [6, 6.07) is 3.57. The summed E-state index contributed by atoms with van der Waals surface area (Å²) < 4.78 is 3.14. The van der Waals surface area contributed by atoms with E-state index < -0.39 is 0 Å². The third-order valence-corrected chi connectivity index (χ3v) is 4.41. The predicted molar refractivity (Wildman–Crippen MR) is 71.1 cm³/mol. The largest absolute Gasteiger partial charge is 0.302 e. The van der Waals surface area contributed by atoms with Gasteiger partial charge in [-0.2, -0.15) is 0 Å². The van der Waals surface area contributed by atoms with E-state index in [2.05, 4.69) is 27.8 Å². The van der Waals surface area contributed by atoms with Gasteiger partial charge in [0.2, 0.25) is 0 Å². The number of fused-ring (bicyclic) bond motifs is 2. The Labute approximate surface area is 108 Å². The zero-order valence-corrected chi connectivity index (χ0v) is 11.1. The molecule has 2 heterocycles. The number of aryl methyl sites for hydroxylation is 2. The van der Waals surface area contributed by atoms with Crippen LogP contribution in [-0.2, 0) is 13.0 Å². The summed E-state index contributed by atoms with van der Waals surface area (Å²) in [5, 5.41) is 0.759. The summed E-state index contributed by atoms with van der Waals surface area (Å²) in [5.74, 6) is 0. The highest BCUT2D eigenvalue weighted by Gasteiger charge is 2.13. The van der Waals surface area contributed by atoms with Gasteiger partial charge in [0.15, 0.2) is 5.43 Å². The number of hydrogen-bond donors (Lipinski definition) is 0. The molecule has 0 saturated carbocycles. The van der Waals surface area contributed by atoms with Gasteiger partial charge in [0.1, 0.15) is 12.0 Å². The molecule has 0 amide bonds. The third-order valence-electron chi connectivity index (χ3n) is 3.10. The molecule has 0 aromatic rings. The number of hydrogen-bond acceptors (Lipinski definition) is 4. The van der Waals surface area contributed by atoms with Crippen molar-refractivity contribution in [3.8, 4) is 11.4 Å². The van der Waals surface area contributed by atoms with Crippen LogP contribution in [0.15, 0.2) is 23.3 Å². The molecule has 0 radical (unpaired) electrons. The third kappa shape index (κ3) is 1.54. The summed E-state index contributed by atoms with van der Waals surface area (Å²) in [6.07, 6.45) is 2.44. The monoisotopic (exact) mass is 259 g/mol. The van der Waals surface area contributed by atoms with Crippen molar-refractivity contribution in [1.29, 1.82) is 0 Å². The van der Waals surface area contributed by atoms with E-state index >= 15 is 0 Å². The second kappa shape index (κ2) is 4.17. The Hall–Kier alpha value is -1.75. The molecule has 0 bridgehead atoms. The van der Waals surface area contributed by atoms with E-state index in [1.54, 1.807) is 17.6 Å². The quantitative estimate of drug-likeness (QED) is 0.708. The summed E-state index contributed by atoms with van der Waals surface area (Å²) in [4.78, 5) is 20.5. The van der Waals surface area contributed by atoms with Gasteiger partial charge >= 0.3 is 0 Å². The number of imidazole rings is 1. The fourth-order valence-corrected chi connectivity index (χ4v) is 3.33. The van der Waals surface area contributed by atoms with Gasteiger partial charge in [-0.3, -0.25) is 4.79 Å². The van der Waals surface area contributed by atoms with Crippen molar-refractivity contribution in [1.82, 2.24) is 13.9 Å². The van der Waals surface area contributed by atoms with E-state index in [0.29, 0.717) is 5.69 Å². The molecule has 0 aromatic heterocycles. The molecule has 4 nitrogen and oxygen atoms in total. The van der Waals surface area contributed by atoms with Crippen LogP contribution in [0.5, 0.6) is 0 Å². The Morgan fingerprint density at radius 3 is 2.83 bits per heavy atom. The minimum absolute atomic E-state index is 0.0344. The lowest BCUT2D eigenvalue weighted by molar-refractivity contribution is 0.772. The van der Waals surface area contributed by atoms with Gasteiger partial charge in [-0.25, -0.2) is 9.97 Å². The number of nitrogens with zero attached hydrogens (tertiary/aromatic N) is 3. The number of rotatable bonds is 2. The smallest absolute Gasteiger partial charge is 0.189 e. The van der Waals surface area contributed by atoms with Gasteiger partial charge < -0.3 is 3.96 Å². The van der Waals surface area contributed by atoms with Crippen molar-refractivity contribution in [2.24, 2.45) is 0 Å². The molecule has 92 valence electrons. The van der Waals surface area contributed by atoms with E-state index in [1.807, 2.05) is 6.07 Å². The normalized spacial score (nSPS) is 11.4. The fraction of sp³-hybridized carbons (Fsp3) is 0.308. The molecule has 3 aliphatic rings. The van der Waals surface area contributed by atoms with Gasteiger partial charge in [0.25, 0.3) is 0 Å². The maximum atomic E-state index is 12.1. The van der Waals surface area contributed by atoms with Gasteiger partial charge in [-0.1, -0.05) is 18.5 Å². The number of aromatic nitrogens is 3. The lowest BCUT2D eigenvalue weighted by atomic mass is 10.2. The average molecular weight is 259 g/mol. The molecule has 1 aliphatic carbocycles. The van der Waals surface area contributed by atoms with Gasteiger partial charge in [0, 0.05) is 23.5 Å². The minimum Gasteiger partial charge on any atom is -0.302 e. The van der Waals surface area contributed by atoms with Crippen LogP contribution < -0.4 is 5.43 Å². The van der Waals surface area contributed by atoms with Crippen LogP contribution >= 0.6 is 11.5 Å². The Morgan fingerprint density at radius 2 is 2.11 bits per heavy atom. The Kier molecular flexibility index (Phi) is 2.63. The first-order valence-electron chi connectivity index (χ1n) is 6.02. The van der Waals surface area contributed by atoms with E-state index in [0.717, 1.165) is 28.4 Å². The van der Waals surface area contributed by atoms with Crippen molar-refractivity contribution in [2.75, 3.05) is 0 Å². The first kappa shape index (κ1) is 11.3. The molecule has 0 spiro atoms. The molecule has 0 fully saturated rings. The maximum absolute atomic E-state index is 12.1. The van der Waals surface area contributed by atoms with E-state index in [4.69, 9.17) is 0 Å². The van der Waals surface area contributed by atoms with E-state index in [-0.39, 0.29) is 5.43 Å². The highest BCUT2D eigenvalue weighted by atomic mass is 32.1. The molecule has 0 aromatic carbocycles. The van der Waals surface area contributed by atoms with Gasteiger partial charge in [-0.05, 0) is 19.4 Å². The first-order chi connectivity index (χ1) is 8.74. The van der Waals surface area contributed by atoms with Crippen molar-refractivity contribution >= 4 is 11.5 Å². The molecule has 0 atom stereocenters. The summed E-state index contributed by atoms with van der Waals surface area (Å²) in [5.41, 5.74) is 2.74. The van der Waals surface area contributed by atoms with Crippen LogP contribution in [0.1, 0.15) is 19.5 Å². The molecular formula is C13H13N3OS. The molecule has 2 aliphatic heterocycles. The Morgan fingerprint density at radius 1 is 1.28 bits per heavy atom. The predicted octanol–water partition coefficient (Wildman–Crippen LogP) is 2.11. The Balaban J connectivity index is 2.54.